The zero-order valence-corrected chi connectivity index (χ0v) is 13.3. The summed E-state index contributed by atoms with van der Waals surface area (Å²) in [4.78, 5) is 16.7. The number of carbonyl (C=O) groups is 1. The zero-order valence-electron chi connectivity index (χ0n) is 13.3. The van der Waals surface area contributed by atoms with Crippen LogP contribution in [0.25, 0.3) is 0 Å². The quantitative estimate of drug-likeness (QED) is 0.685. The first-order valence-electron chi connectivity index (χ1n) is 8.36. The van der Waals surface area contributed by atoms with Crippen molar-refractivity contribution in [2.24, 2.45) is 11.8 Å². The number of nitrogens with zero attached hydrogens (tertiary/aromatic N) is 1. The van der Waals surface area contributed by atoms with E-state index in [-0.39, 0.29) is 11.7 Å². The van der Waals surface area contributed by atoms with Gasteiger partial charge in [-0.25, -0.2) is 0 Å². The van der Waals surface area contributed by atoms with Crippen molar-refractivity contribution < 1.29 is 9.53 Å². The molecule has 1 aliphatic rings. The Bertz CT molecular complexity index is 450. The first-order chi connectivity index (χ1) is 10.2. The van der Waals surface area contributed by atoms with Gasteiger partial charge in [0.05, 0.1) is 12.8 Å². The lowest BCUT2D eigenvalue weighted by molar-refractivity contribution is 0.0869. The normalized spacial score (nSPS) is 22.0. The van der Waals surface area contributed by atoms with Crippen molar-refractivity contribution in [3.05, 3.63) is 24.0 Å². The van der Waals surface area contributed by atoms with E-state index in [1.54, 1.807) is 12.4 Å². The molecule has 116 valence electrons. The van der Waals surface area contributed by atoms with Gasteiger partial charge in [-0.15, -0.1) is 0 Å². The number of ether oxygens (including phenoxy) is 1. The van der Waals surface area contributed by atoms with Gasteiger partial charge >= 0.3 is 0 Å². The van der Waals surface area contributed by atoms with Gasteiger partial charge in [-0.3, -0.25) is 9.78 Å². The molecule has 1 aromatic heterocycles. The summed E-state index contributed by atoms with van der Waals surface area (Å²) >= 11 is 0. The minimum absolute atomic E-state index is 0.182. The van der Waals surface area contributed by atoms with Crippen LogP contribution >= 0.6 is 0 Å². The monoisotopic (exact) mass is 289 g/mol. The number of pyridine rings is 1. The Morgan fingerprint density at radius 3 is 2.62 bits per heavy atom. The van der Waals surface area contributed by atoms with Crippen LogP contribution in [0.4, 0.5) is 0 Å². The number of rotatable bonds is 7. The van der Waals surface area contributed by atoms with Gasteiger partial charge in [0.2, 0.25) is 0 Å². The number of hydrogen-bond acceptors (Lipinski definition) is 3. The average Bonchev–Trinajstić information content (AvgIpc) is 2.53. The molecule has 0 aliphatic heterocycles. The molecule has 1 fully saturated rings. The Morgan fingerprint density at radius 1 is 1.19 bits per heavy atom. The maximum atomic E-state index is 12.6. The Morgan fingerprint density at radius 2 is 1.95 bits per heavy atom. The molecule has 0 amide bonds. The molecule has 21 heavy (non-hydrogen) atoms. The third kappa shape index (κ3) is 4.55. The van der Waals surface area contributed by atoms with E-state index in [1.165, 1.54) is 25.7 Å². The summed E-state index contributed by atoms with van der Waals surface area (Å²) in [6.45, 7) is 4.98. The lowest BCUT2D eigenvalue weighted by atomic mass is 9.77. The average molecular weight is 289 g/mol. The van der Waals surface area contributed by atoms with Crippen molar-refractivity contribution in [1.29, 1.82) is 0 Å². The number of ketones is 1. The second-order valence-electron chi connectivity index (χ2n) is 6.13. The number of carbonyl (C=O) groups excluding carboxylic acids is 1. The molecule has 0 N–H and O–H groups in total. The molecular weight excluding hydrogens is 262 g/mol. The minimum Gasteiger partial charge on any atom is -0.492 e. The fourth-order valence-corrected chi connectivity index (χ4v) is 3.21. The molecule has 0 spiro atoms. The predicted octanol–water partition coefficient (Wildman–Crippen LogP) is 4.66. The second kappa shape index (κ2) is 8.16. The highest BCUT2D eigenvalue weighted by molar-refractivity contribution is 5.97. The Hall–Kier alpha value is -1.38. The van der Waals surface area contributed by atoms with Crippen LogP contribution in [0.2, 0.25) is 0 Å². The smallest absolute Gasteiger partial charge is 0.167 e. The number of aromatic nitrogens is 1. The van der Waals surface area contributed by atoms with E-state index < -0.39 is 0 Å². The Balaban J connectivity index is 1.94. The van der Waals surface area contributed by atoms with Crippen LogP contribution in [-0.4, -0.2) is 17.4 Å². The summed E-state index contributed by atoms with van der Waals surface area (Å²) in [6, 6.07) is 1.85. The molecule has 0 radical (unpaired) electrons. The lowest BCUT2D eigenvalue weighted by Crippen LogP contribution is -2.22. The molecule has 1 heterocycles. The molecule has 3 nitrogen and oxygen atoms in total. The van der Waals surface area contributed by atoms with Gasteiger partial charge in [0, 0.05) is 17.7 Å². The van der Waals surface area contributed by atoms with Crippen LogP contribution in [0, 0.1) is 11.8 Å². The van der Waals surface area contributed by atoms with Crippen molar-refractivity contribution in [3.8, 4) is 5.75 Å². The van der Waals surface area contributed by atoms with E-state index in [4.69, 9.17) is 4.74 Å². The maximum Gasteiger partial charge on any atom is 0.167 e. The standard InChI is InChI=1S/C18H27NO2/c1-3-5-14-6-8-15(9-7-14)18(20)16-11-17(13-19-12-16)21-10-4-2/h11-15H,3-10H2,1-2H3. The predicted molar refractivity (Wildman–Crippen MR) is 84.7 cm³/mol. The van der Waals surface area contributed by atoms with Crippen molar-refractivity contribution in [1.82, 2.24) is 4.98 Å². The molecule has 1 aliphatic carbocycles. The van der Waals surface area contributed by atoms with E-state index in [0.29, 0.717) is 17.9 Å². The van der Waals surface area contributed by atoms with Crippen molar-refractivity contribution >= 4 is 5.78 Å². The number of hydrogen-bond donors (Lipinski definition) is 0. The van der Waals surface area contributed by atoms with Gasteiger partial charge in [-0.1, -0.05) is 26.7 Å². The largest absolute Gasteiger partial charge is 0.492 e. The van der Waals surface area contributed by atoms with Crippen LogP contribution in [-0.2, 0) is 0 Å². The molecule has 0 unspecified atom stereocenters. The van der Waals surface area contributed by atoms with Crippen LogP contribution in [0.15, 0.2) is 18.5 Å². The van der Waals surface area contributed by atoms with E-state index in [1.807, 2.05) is 6.07 Å². The summed E-state index contributed by atoms with van der Waals surface area (Å²) in [6.07, 6.45) is 11.3. The lowest BCUT2D eigenvalue weighted by Gasteiger charge is -2.27. The Kier molecular flexibility index (Phi) is 6.21. The SMILES string of the molecule is CCCOc1cncc(C(=O)C2CCC(CCC)CC2)c1. The highest BCUT2D eigenvalue weighted by Gasteiger charge is 2.26. The molecule has 0 aromatic carbocycles. The highest BCUT2D eigenvalue weighted by atomic mass is 16.5. The zero-order chi connectivity index (χ0) is 15.1. The minimum atomic E-state index is 0.182. The van der Waals surface area contributed by atoms with Crippen molar-refractivity contribution in [3.63, 3.8) is 0 Å². The second-order valence-corrected chi connectivity index (χ2v) is 6.13. The van der Waals surface area contributed by atoms with Gasteiger partial charge in [0.25, 0.3) is 0 Å². The summed E-state index contributed by atoms with van der Waals surface area (Å²) in [5.41, 5.74) is 0.711. The van der Waals surface area contributed by atoms with Crippen LogP contribution < -0.4 is 4.74 Å². The first kappa shape index (κ1) is 16.0. The van der Waals surface area contributed by atoms with E-state index >= 15 is 0 Å². The molecule has 2 rings (SSSR count). The third-order valence-electron chi connectivity index (χ3n) is 4.38. The highest BCUT2D eigenvalue weighted by Crippen LogP contribution is 2.33. The summed E-state index contributed by atoms with van der Waals surface area (Å²) in [5, 5.41) is 0. The molecule has 3 heteroatoms. The van der Waals surface area contributed by atoms with Crippen LogP contribution in [0.3, 0.4) is 0 Å². The third-order valence-corrected chi connectivity index (χ3v) is 4.38. The molecule has 0 atom stereocenters. The van der Waals surface area contributed by atoms with Gasteiger partial charge in [-0.05, 0) is 44.1 Å². The fraction of sp³-hybridized carbons (Fsp3) is 0.667. The molecular formula is C18H27NO2. The maximum absolute atomic E-state index is 12.6. The van der Waals surface area contributed by atoms with Gasteiger partial charge in [-0.2, -0.15) is 0 Å². The molecule has 0 saturated heterocycles. The Labute approximate surface area is 128 Å². The van der Waals surface area contributed by atoms with E-state index in [0.717, 1.165) is 25.2 Å². The van der Waals surface area contributed by atoms with Crippen molar-refractivity contribution in [2.45, 2.75) is 58.8 Å². The van der Waals surface area contributed by atoms with Crippen LogP contribution in [0.1, 0.15) is 69.2 Å². The number of Topliss-reactive ketones (excluding diaryl/α,β-unsaturated/α-hetero) is 1. The first-order valence-corrected chi connectivity index (χ1v) is 8.36. The van der Waals surface area contributed by atoms with Gasteiger partial charge < -0.3 is 4.74 Å². The van der Waals surface area contributed by atoms with Gasteiger partial charge in [0.1, 0.15) is 5.75 Å². The van der Waals surface area contributed by atoms with E-state index in [9.17, 15) is 4.79 Å². The van der Waals surface area contributed by atoms with Crippen molar-refractivity contribution in [2.75, 3.05) is 6.61 Å². The fourth-order valence-electron chi connectivity index (χ4n) is 3.21. The summed E-state index contributed by atoms with van der Waals surface area (Å²) in [7, 11) is 0. The summed E-state index contributed by atoms with van der Waals surface area (Å²) in [5.74, 6) is 1.97. The van der Waals surface area contributed by atoms with Crippen LogP contribution in [0.5, 0.6) is 5.75 Å². The molecule has 1 aromatic rings. The summed E-state index contributed by atoms with van der Waals surface area (Å²) < 4.78 is 5.57. The van der Waals surface area contributed by atoms with E-state index in [2.05, 4.69) is 18.8 Å². The topological polar surface area (TPSA) is 39.2 Å². The molecule has 1 saturated carbocycles. The molecule has 0 bridgehead atoms. The van der Waals surface area contributed by atoms with Gasteiger partial charge in [0.15, 0.2) is 5.78 Å².